The number of likely N-dealkylation sites (tertiary alicyclic amines) is 1. The van der Waals surface area contributed by atoms with Gasteiger partial charge in [-0.25, -0.2) is 0 Å². The highest BCUT2D eigenvalue weighted by atomic mass is 127. The summed E-state index contributed by atoms with van der Waals surface area (Å²) in [6.07, 6.45) is 5.54. The molecule has 1 aliphatic carbocycles. The first kappa shape index (κ1) is 22.0. The molecule has 2 aliphatic rings. The Morgan fingerprint density at radius 3 is 2.46 bits per heavy atom. The normalized spacial score (nSPS) is 26.2. The van der Waals surface area contributed by atoms with Crippen LogP contribution in [-0.2, 0) is 0 Å². The van der Waals surface area contributed by atoms with E-state index in [2.05, 4.69) is 53.2 Å². The maximum atomic E-state index is 4.41. The Hall–Kier alpha value is -0.0800. The predicted molar refractivity (Wildman–Crippen MR) is 114 cm³/mol. The van der Waals surface area contributed by atoms with Crippen molar-refractivity contribution >= 4 is 29.9 Å². The number of aliphatic imine (C=N–C) groups is 1. The summed E-state index contributed by atoms with van der Waals surface area (Å²) < 4.78 is 0. The zero-order valence-corrected chi connectivity index (χ0v) is 18.5. The molecule has 24 heavy (non-hydrogen) atoms. The van der Waals surface area contributed by atoms with Crippen LogP contribution in [0.4, 0.5) is 0 Å². The van der Waals surface area contributed by atoms with E-state index in [9.17, 15) is 0 Å². The molecule has 0 radical (unpaired) electrons. The molecule has 1 aliphatic heterocycles. The monoisotopic (exact) mass is 451 g/mol. The van der Waals surface area contributed by atoms with E-state index in [1.54, 1.807) is 0 Å². The van der Waals surface area contributed by atoms with Crippen LogP contribution in [0.1, 0.15) is 46.5 Å². The minimum Gasteiger partial charge on any atom is -0.355 e. The van der Waals surface area contributed by atoms with E-state index in [-0.39, 0.29) is 24.0 Å². The number of guanidine groups is 1. The molecule has 2 rings (SSSR count). The third-order valence-electron chi connectivity index (χ3n) is 5.62. The molecule has 142 valence electrons. The summed E-state index contributed by atoms with van der Waals surface area (Å²) in [5, 5.41) is 7.12. The second kappa shape index (κ2) is 10.8. The Morgan fingerprint density at radius 2 is 1.92 bits per heavy atom. The first-order chi connectivity index (χ1) is 11.0. The molecular weight excluding hydrogens is 413 g/mol. The standard InChI is InChI=1S/C18H37N5.HI/c1-14(2)23-12-15(3)17(13-23)21-18(19-4)20-10-11-22(5)16-8-6-7-9-16;/h14-17H,6-13H2,1-5H3,(H2,19,20,21);1H. The van der Waals surface area contributed by atoms with Gasteiger partial charge in [0, 0.05) is 51.4 Å². The summed E-state index contributed by atoms with van der Waals surface area (Å²) in [7, 11) is 4.13. The first-order valence-electron chi connectivity index (χ1n) is 9.42. The fourth-order valence-electron chi connectivity index (χ4n) is 3.86. The summed E-state index contributed by atoms with van der Waals surface area (Å²) >= 11 is 0. The summed E-state index contributed by atoms with van der Waals surface area (Å²) in [6, 6.07) is 1.91. The molecule has 1 heterocycles. The third-order valence-corrected chi connectivity index (χ3v) is 5.62. The van der Waals surface area contributed by atoms with Gasteiger partial charge in [0.2, 0.25) is 0 Å². The highest BCUT2D eigenvalue weighted by Gasteiger charge is 2.31. The van der Waals surface area contributed by atoms with Gasteiger partial charge in [-0.1, -0.05) is 19.8 Å². The lowest BCUT2D eigenvalue weighted by molar-refractivity contribution is 0.249. The van der Waals surface area contributed by atoms with Crippen LogP contribution in [0.15, 0.2) is 4.99 Å². The highest BCUT2D eigenvalue weighted by molar-refractivity contribution is 14.0. The molecule has 0 amide bonds. The number of halogens is 1. The van der Waals surface area contributed by atoms with Gasteiger partial charge >= 0.3 is 0 Å². The van der Waals surface area contributed by atoms with Gasteiger partial charge in [0.05, 0.1) is 0 Å². The van der Waals surface area contributed by atoms with Crippen LogP contribution in [0.5, 0.6) is 0 Å². The molecule has 1 saturated heterocycles. The molecule has 2 N–H and O–H groups in total. The number of nitrogens with one attached hydrogen (secondary N) is 2. The average molecular weight is 451 g/mol. The third kappa shape index (κ3) is 6.33. The van der Waals surface area contributed by atoms with Gasteiger partial charge in [0.25, 0.3) is 0 Å². The molecule has 0 aromatic rings. The maximum Gasteiger partial charge on any atom is 0.191 e. The number of hydrogen-bond acceptors (Lipinski definition) is 3. The molecule has 2 unspecified atom stereocenters. The zero-order chi connectivity index (χ0) is 16.8. The van der Waals surface area contributed by atoms with Crippen LogP contribution in [0.2, 0.25) is 0 Å². The van der Waals surface area contributed by atoms with Crippen molar-refractivity contribution in [2.45, 2.75) is 64.6 Å². The molecular formula is C18H38IN5. The van der Waals surface area contributed by atoms with E-state index < -0.39 is 0 Å². The number of rotatable bonds is 6. The van der Waals surface area contributed by atoms with Crippen LogP contribution in [0.25, 0.3) is 0 Å². The van der Waals surface area contributed by atoms with Gasteiger partial charge in [-0.3, -0.25) is 9.89 Å². The largest absolute Gasteiger partial charge is 0.355 e. The zero-order valence-electron chi connectivity index (χ0n) is 16.2. The molecule has 1 saturated carbocycles. The Labute approximate surface area is 166 Å². The van der Waals surface area contributed by atoms with Crippen molar-refractivity contribution in [3.63, 3.8) is 0 Å². The van der Waals surface area contributed by atoms with Crippen LogP contribution in [0.3, 0.4) is 0 Å². The van der Waals surface area contributed by atoms with E-state index in [4.69, 9.17) is 0 Å². The molecule has 0 bridgehead atoms. The lowest BCUT2D eigenvalue weighted by Crippen LogP contribution is -2.48. The van der Waals surface area contributed by atoms with Crippen LogP contribution in [0, 0.1) is 5.92 Å². The van der Waals surface area contributed by atoms with Crippen LogP contribution in [-0.4, -0.2) is 74.2 Å². The van der Waals surface area contributed by atoms with Crippen molar-refractivity contribution in [1.29, 1.82) is 0 Å². The average Bonchev–Trinajstić information content (AvgIpc) is 3.16. The van der Waals surface area contributed by atoms with Crippen molar-refractivity contribution in [2.75, 3.05) is 40.3 Å². The van der Waals surface area contributed by atoms with Crippen molar-refractivity contribution < 1.29 is 0 Å². The number of nitrogens with zero attached hydrogens (tertiary/aromatic N) is 3. The van der Waals surface area contributed by atoms with Gasteiger partial charge in [0.1, 0.15) is 0 Å². The summed E-state index contributed by atoms with van der Waals surface area (Å²) in [6.45, 7) is 11.2. The number of hydrogen-bond donors (Lipinski definition) is 2. The number of likely N-dealkylation sites (N-methyl/N-ethyl adjacent to an activating group) is 1. The first-order valence-corrected chi connectivity index (χ1v) is 9.42. The Balaban J connectivity index is 0.00000288. The van der Waals surface area contributed by atoms with Crippen molar-refractivity contribution in [1.82, 2.24) is 20.4 Å². The second-order valence-corrected chi connectivity index (χ2v) is 7.69. The van der Waals surface area contributed by atoms with Gasteiger partial charge in [0.15, 0.2) is 5.96 Å². The second-order valence-electron chi connectivity index (χ2n) is 7.69. The molecule has 5 nitrogen and oxygen atoms in total. The van der Waals surface area contributed by atoms with E-state index in [0.29, 0.717) is 18.0 Å². The Morgan fingerprint density at radius 1 is 1.25 bits per heavy atom. The maximum absolute atomic E-state index is 4.41. The Kier molecular flexibility index (Phi) is 9.89. The van der Waals surface area contributed by atoms with E-state index in [0.717, 1.165) is 31.6 Å². The topological polar surface area (TPSA) is 42.9 Å². The SMILES string of the molecule is CN=C(NCCN(C)C1CCCC1)NC1CN(C(C)C)CC1C.I. The molecule has 6 heteroatoms. The summed E-state index contributed by atoms with van der Waals surface area (Å²) in [4.78, 5) is 9.46. The summed E-state index contributed by atoms with van der Waals surface area (Å²) in [5.41, 5.74) is 0. The van der Waals surface area contributed by atoms with Crippen molar-refractivity contribution in [3.05, 3.63) is 0 Å². The smallest absolute Gasteiger partial charge is 0.191 e. The van der Waals surface area contributed by atoms with E-state index in [1.165, 1.54) is 32.2 Å². The fraction of sp³-hybridized carbons (Fsp3) is 0.944. The molecule has 2 fully saturated rings. The lowest BCUT2D eigenvalue weighted by Gasteiger charge is -2.25. The highest BCUT2D eigenvalue weighted by Crippen LogP contribution is 2.22. The van der Waals surface area contributed by atoms with Gasteiger partial charge in [-0.15, -0.1) is 24.0 Å². The van der Waals surface area contributed by atoms with Crippen LogP contribution >= 0.6 is 24.0 Å². The van der Waals surface area contributed by atoms with Gasteiger partial charge in [-0.2, -0.15) is 0 Å². The van der Waals surface area contributed by atoms with E-state index in [1.807, 2.05) is 7.05 Å². The lowest BCUT2D eigenvalue weighted by atomic mass is 10.1. The molecule has 0 spiro atoms. The Bertz CT molecular complexity index is 382. The fourth-order valence-corrected chi connectivity index (χ4v) is 3.86. The van der Waals surface area contributed by atoms with Gasteiger partial charge in [-0.05, 0) is 39.7 Å². The quantitative estimate of drug-likeness (QED) is 0.370. The van der Waals surface area contributed by atoms with Gasteiger partial charge < -0.3 is 15.5 Å². The molecule has 0 aromatic carbocycles. The molecule has 2 atom stereocenters. The predicted octanol–water partition coefficient (Wildman–Crippen LogP) is 2.37. The minimum atomic E-state index is 0. The van der Waals surface area contributed by atoms with Crippen molar-refractivity contribution in [3.8, 4) is 0 Å². The van der Waals surface area contributed by atoms with E-state index >= 15 is 0 Å². The minimum absolute atomic E-state index is 0. The summed E-state index contributed by atoms with van der Waals surface area (Å²) in [5.74, 6) is 1.62. The molecule has 0 aromatic heterocycles. The van der Waals surface area contributed by atoms with Crippen molar-refractivity contribution in [2.24, 2.45) is 10.9 Å². The van der Waals surface area contributed by atoms with Crippen LogP contribution < -0.4 is 10.6 Å².